The summed E-state index contributed by atoms with van der Waals surface area (Å²) < 4.78 is 18.7. The van der Waals surface area contributed by atoms with Crippen LogP contribution in [0.25, 0.3) is 0 Å². The molecule has 1 aliphatic heterocycles. The molecule has 3 unspecified atom stereocenters. The van der Waals surface area contributed by atoms with Gasteiger partial charge in [-0.1, -0.05) is 6.92 Å². The van der Waals surface area contributed by atoms with Crippen LogP contribution in [0.1, 0.15) is 24.9 Å². The second-order valence-corrected chi connectivity index (χ2v) is 4.71. The van der Waals surface area contributed by atoms with Crippen LogP contribution in [-0.2, 0) is 4.74 Å². The third-order valence-electron chi connectivity index (χ3n) is 3.53. The largest absolute Gasteiger partial charge is 0.381 e. The van der Waals surface area contributed by atoms with Crippen LogP contribution in [-0.4, -0.2) is 25.2 Å². The number of nitrogens with one attached hydrogen (secondary N) is 1. The fourth-order valence-corrected chi connectivity index (χ4v) is 2.62. The van der Waals surface area contributed by atoms with E-state index < -0.39 is 0 Å². The lowest BCUT2D eigenvalue weighted by Crippen LogP contribution is -2.35. The van der Waals surface area contributed by atoms with Crippen LogP contribution in [0.4, 0.5) is 4.39 Å². The summed E-state index contributed by atoms with van der Waals surface area (Å²) in [4.78, 5) is 3.93. The quantitative estimate of drug-likeness (QED) is 0.876. The summed E-state index contributed by atoms with van der Waals surface area (Å²) in [5.41, 5.74) is 0.922. The molecule has 1 saturated heterocycles. The van der Waals surface area contributed by atoms with Gasteiger partial charge in [-0.15, -0.1) is 0 Å². The van der Waals surface area contributed by atoms with Crippen LogP contribution >= 0.6 is 0 Å². The second-order valence-electron chi connectivity index (χ2n) is 4.71. The molecule has 2 heterocycles. The monoisotopic (exact) mass is 238 g/mol. The Morgan fingerprint density at radius 3 is 3.00 bits per heavy atom. The van der Waals surface area contributed by atoms with Crippen molar-refractivity contribution in [2.45, 2.75) is 19.4 Å². The number of aromatic nitrogens is 1. The average Bonchev–Trinajstić information content (AvgIpc) is 2.33. The molecule has 1 fully saturated rings. The van der Waals surface area contributed by atoms with Gasteiger partial charge in [0.05, 0.1) is 6.20 Å². The summed E-state index contributed by atoms with van der Waals surface area (Å²) in [6.45, 7) is 3.75. The highest BCUT2D eigenvalue weighted by Gasteiger charge is 2.30. The van der Waals surface area contributed by atoms with Gasteiger partial charge in [0.15, 0.2) is 0 Å². The molecule has 0 amide bonds. The molecule has 3 atom stereocenters. The summed E-state index contributed by atoms with van der Waals surface area (Å²) in [7, 11) is 1.91. The van der Waals surface area contributed by atoms with Gasteiger partial charge in [-0.05, 0) is 36.9 Å². The van der Waals surface area contributed by atoms with Crippen molar-refractivity contribution in [3.8, 4) is 0 Å². The number of nitrogens with zero attached hydrogens (tertiary/aromatic N) is 1. The zero-order valence-corrected chi connectivity index (χ0v) is 10.3. The molecule has 1 aromatic heterocycles. The Kier molecular flexibility index (Phi) is 4.07. The van der Waals surface area contributed by atoms with Crippen molar-refractivity contribution in [2.75, 3.05) is 20.3 Å². The Hall–Kier alpha value is -1.00. The molecule has 0 aliphatic carbocycles. The van der Waals surface area contributed by atoms with E-state index in [9.17, 15) is 4.39 Å². The van der Waals surface area contributed by atoms with Gasteiger partial charge in [0.1, 0.15) is 5.82 Å². The summed E-state index contributed by atoms with van der Waals surface area (Å²) in [5, 5.41) is 3.28. The predicted octanol–water partition coefficient (Wildman–Crippen LogP) is 2.15. The van der Waals surface area contributed by atoms with Crippen molar-refractivity contribution >= 4 is 0 Å². The normalized spacial score (nSPS) is 26.8. The van der Waals surface area contributed by atoms with Gasteiger partial charge < -0.3 is 10.1 Å². The maximum absolute atomic E-state index is 13.2. The lowest BCUT2D eigenvalue weighted by molar-refractivity contribution is 0.0115. The molecule has 4 heteroatoms. The maximum Gasteiger partial charge on any atom is 0.141 e. The number of hydrogen-bond acceptors (Lipinski definition) is 3. The van der Waals surface area contributed by atoms with Crippen molar-refractivity contribution in [2.24, 2.45) is 11.8 Å². The average molecular weight is 238 g/mol. The molecule has 94 valence electrons. The third-order valence-corrected chi connectivity index (χ3v) is 3.53. The van der Waals surface area contributed by atoms with Crippen molar-refractivity contribution in [1.82, 2.24) is 10.3 Å². The van der Waals surface area contributed by atoms with Gasteiger partial charge in [0.2, 0.25) is 0 Å². The van der Waals surface area contributed by atoms with Crippen LogP contribution in [0.15, 0.2) is 18.5 Å². The first-order valence-corrected chi connectivity index (χ1v) is 6.08. The van der Waals surface area contributed by atoms with Gasteiger partial charge in [-0.2, -0.15) is 0 Å². The van der Waals surface area contributed by atoms with Gasteiger partial charge in [-0.3, -0.25) is 4.98 Å². The zero-order chi connectivity index (χ0) is 12.3. The van der Waals surface area contributed by atoms with Crippen molar-refractivity contribution in [1.29, 1.82) is 0 Å². The lowest BCUT2D eigenvalue weighted by atomic mass is 9.81. The number of halogens is 1. The van der Waals surface area contributed by atoms with Crippen LogP contribution in [0.2, 0.25) is 0 Å². The van der Waals surface area contributed by atoms with Crippen molar-refractivity contribution in [3.63, 3.8) is 0 Å². The van der Waals surface area contributed by atoms with E-state index in [1.54, 1.807) is 12.3 Å². The minimum Gasteiger partial charge on any atom is -0.381 e. The maximum atomic E-state index is 13.2. The summed E-state index contributed by atoms with van der Waals surface area (Å²) in [6.07, 6.45) is 3.99. The van der Waals surface area contributed by atoms with E-state index in [-0.39, 0.29) is 11.9 Å². The summed E-state index contributed by atoms with van der Waals surface area (Å²) >= 11 is 0. The van der Waals surface area contributed by atoms with Crippen LogP contribution < -0.4 is 5.32 Å². The number of rotatable bonds is 3. The minimum atomic E-state index is -0.275. The predicted molar refractivity (Wildman–Crippen MR) is 64.1 cm³/mol. The highest BCUT2D eigenvalue weighted by Crippen LogP contribution is 2.33. The Morgan fingerprint density at radius 2 is 2.35 bits per heavy atom. The SMILES string of the molecule is CNC(c1cncc(F)c1)C1CCOCC1C. The van der Waals surface area contributed by atoms with E-state index in [0.717, 1.165) is 25.2 Å². The van der Waals surface area contributed by atoms with Gasteiger partial charge in [-0.25, -0.2) is 4.39 Å². The number of hydrogen-bond donors (Lipinski definition) is 1. The molecule has 17 heavy (non-hydrogen) atoms. The van der Waals surface area contributed by atoms with Gasteiger partial charge in [0, 0.05) is 25.5 Å². The van der Waals surface area contributed by atoms with E-state index in [4.69, 9.17) is 4.74 Å². The summed E-state index contributed by atoms with van der Waals surface area (Å²) in [6, 6.07) is 1.72. The fraction of sp³-hybridized carbons (Fsp3) is 0.615. The first kappa shape index (κ1) is 12.5. The highest BCUT2D eigenvalue weighted by molar-refractivity contribution is 5.16. The molecule has 0 spiro atoms. The number of pyridine rings is 1. The van der Waals surface area contributed by atoms with Crippen LogP contribution in [0.3, 0.4) is 0 Å². The zero-order valence-electron chi connectivity index (χ0n) is 10.3. The van der Waals surface area contributed by atoms with E-state index in [1.807, 2.05) is 7.05 Å². The smallest absolute Gasteiger partial charge is 0.141 e. The van der Waals surface area contributed by atoms with Crippen molar-refractivity contribution in [3.05, 3.63) is 29.8 Å². The van der Waals surface area contributed by atoms with Gasteiger partial charge in [0.25, 0.3) is 0 Å². The molecule has 0 saturated carbocycles. The van der Waals surface area contributed by atoms with Gasteiger partial charge >= 0.3 is 0 Å². The third kappa shape index (κ3) is 2.82. The molecule has 0 bridgehead atoms. The Balaban J connectivity index is 2.20. The molecular formula is C13H19FN2O. The van der Waals surface area contributed by atoms with E-state index in [1.165, 1.54) is 6.20 Å². The molecule has 2 rings (SSSR count). The lowest BCUT2D eigenvalue weighted by Gasteiger charge is -2.35. The first-order valence-electron chi connectivity index (χ1n) is 6.08. The van der Waals surface area contributed by atoms with E-state index in [0.29, 0.717) is 11.8 Å². The van der Waals surface area contributed by atoms with Crippen molar-refractivity contribution < 1.29 is 9.13 Å². The first-order chi connectivity index (χ1) is 8.22. The molecule has 3 nitrogen and oxygen atoms in total. The van der Waals surface area contributed by atoms with E-state index >= 15 is 0 Å². The topological polar surface area (TPSA) is 34.2 Å². The molecular weight excluding hydrogens is 219 g/mol. The highest BCUT2D eigenvalue weighted by atomic mass is 19.1. The molecule has 1 N–H and O–H groups in total. The Labute approximate surface area is 101 Å². The van der Waals surface area contributed by atoms with Crippen LogP contribution in [0, 0.1) is 17.7 Å². The molecule has 1 aromatic rings. The van der Waals surface area contributed by atoms with Crippen LogP contribution in [0.5, 0.6) is 0 Å². The molecule has 0 aromatic carbocycles. The minimum absolute atomic E-state index is 0.150. The Bertz CT molecular complexity index is 372. The number of ether oxygens (including phenoxy) is 1. The molecule has 0 radical (unpaired) electrons. The standard InChI is InChI=1S/C13H19FN2O/c1-9-8-17-4-3-12(9)13(15-2)10-5-11(14)7-16-6-10/h5-7,9,12-13,15H,3-4,8H2,1-2H3. The van der Waals surface area contributed by atoms with E-state index in [2.05, 4.69) is 17.2 Å². The summed E-state index contributed by atoms with van der Waals surface area (Å²) in [5.74, 6) is 0.671. The fourth-order valence-electron chi connectivity index (χ4n) is 2.62. The Morgan fingerprint density at radius 1 is 1.53 bits per heavy atom. The molecule has 1 aliphatic rings. The second kappa shape index (κ2) is 5.56.